The summed E-state index contributed by atoms with van der Waals surface area (Å²) in [4.78, 5) is 0. The van der Waals surface area contributed by atoms with Crippen molar-refractivity contribution in [3.05, 3.63) is 23.3 Å². The number of aliphatic hydroxyl groups excluding tert-OH is 1. The monoisotopic (exact) mass is 208 g/mol. The van der Waals surface area contributed by atoms with Crippen molar-refractivity contribution in [3.63, 3.8) is 0 Å². The minimum atomic E-state index is 0.148. The van der Waals surface area contributed by atoms with Crippen LogP contribution in [0, 0.1) is 0 Å². The van der Waals surface area contributed by atoms with Gasteiger partial charge in [0.25, 0.3) is 0 Å². The fourth-order valence-electron chi connectivity index (χ4n) is 1.86. The zero-order valence-corrected chi connectivity index (χ0v) is 9.12. The van der Waals surface area contributed by atoms with Crippen molar-refractivity contribution in [1.29, 1.82) is 0 Å². The number of hydrogen-bond acceptors (Lipinski definition) is 3. The van der Waals surface area contributed by atoms with Crippen molar-refractivity contribution in [3.8, 4) is 11.5 Å². The summed E-state index contributed by atoms with van der Waals surface area (Å²) in [5.74, 6) is 1.76. The Labute approximate surface area is 89.6 Å². The number of fused-ring (bicyclic) bond motifs is 1. The molecule has 1 aromatic rings. The standard InChI is InChI=1S/C12H16O3/c1-3-9-4-11-12(15-7-14-11)5-10(9)8(2)6-13/h4-5,8,13H,3,6-7H2,1-2H3. The normalized spacial score (nSPS) is 15.4. The maximum atomic E-state index is 9.18. The van der Waals surface area contributed by atoms with Crippen molar-refractivity contribution < 1.29 is 14.6 Å². The highest BCUT2D eigenvalue weighted by molar-refractivity contribution is 5.49. The van der Waals surface area contributed by atoms with Crippen LogP contribution in [-0.4, -0.2) is 18.5 Å². The highest BCUT2D eigenvalue weighted by Crippen LogP contribution is 2.37. The largest absolute Gasteiger partial charge is 0.454 e. The number of rotatable bonds is 3. The average molecular weight is 208 g/mol. The van der Waals surface area contributed by atoms with E-state index < -0.39 is 0 Å². The maximum absolute atomic E-state index is 9.18. The van der Waals surface area contributed by atoms with Gasteiger partial charge >= 0.3 is 0 Å². The molecule has 0 aliphatic carbocycles. The first-order valence-electron chi connectivity index (χ1n) is 5.29. The SMILES string of the molecule is CCc1cc2c(cc1C(C)CO)OCO2. The van der Waals surface area contributed by atoms with E-state index >= 15 is 0 Å². The van der Waals surface area contributed by atoms with E-state index in [0.717, 1.165) is 23.5 Å². The number of benzene rings is 1. The van der Waals surface area contributed by atoms with Gasteiger partial charge < -0.3 is 14.6 Å². The van der Waals surface area contributed by atoms with E-state index in [0.29, 0.717) is 6.79 Å². The van der Waals surface area contributed by atoms with Crippen molar-refractivity contribution in [1.82, 2.24) is 0 Å². The molecule has 1 aliphatic rings. The molecule has 0 saturated heterocycles. The summed E-state index contributed by atoms with van der Waals surface area (Å²) in [6.45, 7) is 4.57. The molecule has 3 heteroatoms. The molecule has 2 rings (SSSR count). The third-order valence-corrected chi connectivity index (χ3v) is 2.82. The fraction of sp³-hybridized carbons (Fsp3) is 0.500. The van der Waals surface area contributed by atoms with E-state index in [2.05, 4.69) is 6.92 Å². The van der Waals surface area contributed by atoms with E-state index in [1.54, 1.807) is 0 Å². The Hall–Kier alpha value is -1.22. The highest BCUT2D eigenvalue weighted by Gasteiger charge is 2.18. The lowest BCUT2D eigenvalue weighted by atomic mass is 9.94. The summed E-state index contributed by atoms with van der Waals surface area (Å²) < 4.78 is 10.7. The molecule has 15 heavy (non-hydrogen) atoms. The van der Waals surface area contributed by atoms with E-state index in [9.17, 15) is 5.11 Å². The molecule has 3 nitrogen and oxygen atoms in total. The molecular weight excluding hydrogens is 192 g/mol. The molecule has 0 fully saturated rings. The predicted molar refractivity (Wildman–Crippen MR) is 57.4 cm³/mol. The van der Waals surface area contributed by atoms with Gasteiger partial charge in [-0.3, -0.25) is 0 Å². The summed E-state index contributed by atoms with van der Waals surface area (Å²) in [7, 11) is 0. The van der Waals surface area contributed by atoms with E-state index in [4.69, 9.17) is 9.47 Å². The van der Waals surface area contributed by atoms with Crippen LogP contribution in [0.5, 0.6) is 11.5 Å². The second kappa shape index (κ2) is 4.11. The lowest BCUT2D eigenvalue weighted by Crippen LogP contribution is -2.03. The van der Waals surface area contributed by atoms with Gasteiger partial charge in [0.1, 0.15) is 0 Å². The third kappa shape index (κ3) is 1.79. The molecule has 82 valence electrons. The number of aliphatic hydroxyl groups is 1. The van der Waals surface area contributed by atoms with Crippen molar-refractivity contribution in [2.24, 2.45) is 0 Å². The fourth-order valence-corrected chi connectivity index (χ4v) is 1.86. The Morgan fingerprint density at radius 3 is 2.60 bits per heavy atom. The summed E-state index contributed by atoms with van der Waals surface area (Å²) in [5.41, 5.74) is 2.38. The van der Waals surface area contributed by atoms with Crippen LogP contribution >= 0.6 is 0 Å². The Morgan fingerprint density at radius 2 is 2.00 bits per heavy atom. The Balaban J connectivity index is 2.44. The van der Waals surface area contributed by atoms with Crippen LogP contribution < -0.4 is 9.47 Å². The lowest BCUT2D eigenvalue weighted by Gasteiger charge is -2.14. The minimum absolute atomic E-state index is 0.148. The van der Waals surface area contributed by atoms with Gasteiger partial charge in [-0.05, 0) is 29.7 Å². The summed E-state index contributed by atoms with van der Waals surface area (Å²) in [5, 5.41) is 9.18. The highest BCUT2D eigenvalue weighted by atomic mass is 16.7. The molecule has 0 saturated carbocycles. The van der Waals surface area contributed by atoms with Gasteiger partial charge in [0.2, 0.25) is 6.79 Å². The second-order valence-corrected chi connectivity index (χ2v) is 3.84. The Bertz CT molecular complexity index is 360. The lowest BCUT2D eigenvalue weighted by molar-refractivity contribution is 0.174. The quantitative estimate of drug-likeness (QED) is 0.826. The molecule has 1 unspecified atom stereocenters. The van der Waals surface area contributed by atoms with Crippen molar-refractivity contribution in [2.75, 3.05) is 13.4 Å². The number of hydrogen-bond donors (Lipinski definition) is 1. The molecule has 1 N–H and O–H groups in total. The molecule has 1 aliphatic heterocycles. The molecule has 1 atom stereocenters. The summed E-state index contributed by atoms with van der Waals surface area (Å²) >= 11 is 0. The molecule has 0 radical (unpaired) electrons. The molecule has 0 amide bonds. The summed E-state index contributed by atoms with van der Waals surface area (Å²) in [6.07, 6.45) is 0.941. The number of ether oxygens (including phenoxy) is 2. The zero-order chi connectivity index (χ0) is 10.8. The van der Waals surface area contributed by atoms with Gasteiger partial charge in [0.05, 0.1) is 0 Å². The second-order valence-electron chi connectivity index (χ2n) is 3.84. The van der Waals surface area contributed by atoms with Crippen LogP contribution in [-0.2, 0) is 6.42 Å². The Morgan fingerprint density at radius 1 is 1.33 bits per heavy atom. The maximum Gasteiger partial charge on any atom is 0.231 e. The first-order chi connectivity index (χ1) is 7.26. The smallest absolute Gasteiger partial charge is 0.231 e. The molecule has 0 spiro atoms. The van der Waals surface area contributed by atoms with Gasteiger partial charge in [-0.25, -0.2) is 0 Å². The van der Waals surface area contributed by atoms with Gasteiger partial charge in [-0.1, -0.05) is 13.8 Å². The molecule has 0 aromatic heterocycles. The first-order valence-corrected chi connectivity index (χ1v) is 5.29. The van der Waals surface area contributed by atoms with Crippen LogP contribution in [0.2, 0.25) is 0 Å². The van der Waals surface area contributed by atoms with Crippen LogP contribution in [0.3, 0.4) is 0 Å². The van der Waals surface area contributed by atoms with E-state index in [-0.39, 0.29) is 12.5 Å². The van der Waals surface area contributed by atoms with E-state index in [1.165, 1.54) is 5.56 Å². The topological polar surface area (TPSA) is 38.7 Å². The van der Waals surface area contributed by atoms with Gasteiger partial charge in [0.15, 0.2) is 11.5 Å². The molecule has 0 bridgehead atoms. The molecule has 1 aromatic carbocycles. The van der Waals surface area contributed by atoms with E-state index in [1.807, 2.05) is 19.1 Å². The van der Waals surface area contributed by atoms with Crippen LogP contribution in [0.15, 0.2) is 12.1 Å². The van der Waals surface area contributed by atoms with Crippen molar-refractivity contribution in [2.45, 2.75) is 26.2 Å². The number of aryl methyl sites for hydroxylation is 1. The predicted octanol–water partition coefficient (Wildman–Crippen LogP) is 2.07. The first kappa shape index (κ1) is 10.3. The molecule has 1 heterocycles. The van der Waals surface area contributed by atoms with Crippen LogP contribution in [0.25, 0.3) is 0 Å². The molecular formula is C12H16O3. The zero-order valence-electron chi connectivity index (χ0n) is 9.12. The van der Waals surface area contributed by atoms with Crippen LogP contribution in [0.4, 0.5) is 0 Å². The van der Waals surface area contributed by atoms with Gasteiger partial charge in [-0.2, -0.15) is 0 Å². The third-order valence-electron chi connectivity index (χ3n) is 2.82. The Kier molecular flexibility index (Phi) is 2.82. The average Bonchev–Trinajstić information content (AvgIpc) is 2.73. The van der Waals surface area contributed by atoms with Crippen molar-refractivity contribution >= 4 is 0 Å². The van der Waals surface area contributed by atoms with Gasteiger partial charge in [0, 0.05) is 12.5 Å². The summed E-state index contributed by atoms with van der Waals surface area (Å²) in [6, 6.07) is 4.01. The van der Waals surface area contributed by atoms with Gasteiger partial charge in [-0.15, -0.1) is 0 Å². The minimum Gasteiger partial charge on any atom is -0.454 e. The van der Waals surface area contributed by atoms with Crippen LogP contribution in [0.1, 0.15) is 30.9 Å².